The number of benzene rings is 1. The van der Waals surface area contributed by atoms with Gasteiger partial charge in [0.1, 0.15) is 5.75 Å². The van der Waals surface area contributed by atoms with Crippen LogP contribution in [-0.4, -0.2) is 27.7 Å². The fourth-order valence-corrected chi connectivity index (χ4v) is 6.43. The Morgan fingerprint density at radius 1 is 1.14 bits per heavy atom. The average Bonchev–Trinajstić information content (AvgIpc) is 3.39. The molecule has 2 aromatic heterocycles. The Balaban J connectivity index is 1.63. The number of ether oxygens (including phenoxy) is 1. The lowest BCUT2D eigenvalue weighted by Crippen LogP contribution is -2.29. The SMILES string of the molecule is COc1ccc(N2C(=S)N[C@H](c3ccccn3)[C@H]2c2cc(C)n(C3CCCCC3)c2C)cc1NC(C)=O. The lowest BCUT2D eigenvalue weighted by atomic mass is 9.94. The summed E-state index contributed by atoms with van der Waals surface area (Å²) in [7, 11) is 1.60. The van der Waals surface area contributed by atoms with Gasteiger partial charge in [-0.1, -0.05) is 25.3 Å². The van der Waals surface area contributed by atoms with Gasteiger partial charge in [-0.3, -0.25) is 9.78 Å². The Labute approximate surface area is 224 Å². The summed E-state index contributed by atoms with van der Waals surface area (Å²) in [6.45, 7) is 5.95. The minimum Gasteiger partial charge on any atom is -0.495 e. The summed E-state index contributed by atoms with van der Waals surface area (Å²) >= 11 is 5.94. The van der Waals surface area contributed by atoms with Crippen LogP contribution in [0.1, 0.15) is 79.8 Å². The lowest BCUT2D eigenvalue weighted by molar-refractivity contribution is -0.114. The van der Waals surface area contributed by atoms with E-state index >= 15 is 0 Å². The van der Waals surface area contributed by atoms with Crippen LogP contribution in [0.4, 0.5) is 11.4 Å². The van der Waals surface area contributed by atoms with Gasteiger partial charge in [0.25, 0.3) is 0 Å². The molecule has 2 fully saturated rings. The third-order valence-electron chi connectivity index (χ3n) is 7.65. The van der Waals surface area contributed by atoms with E-state index < -0.39 is 0 Å². The molecule has 5 rings (SSSR count). The zero-order valence-corrected chi connectivity index (χ0v) is 22.8. The molecule has 194 valence electrons. The molecule has 2 aliphatic rings. The zero-order chi connectivity index (χ0) is 26.1. The highest BCUT2D eigenvalue weighted by Crippen LogP contribution is 2.45. The molecule has 1 saturated carbocycles. The summed E-state index contributed by atoms with van der Waals surface area (Å²) in [5.41, 5.74) is 6.24. The molecule has 2 atom stereocenters. The predicted octanol–water partition coefficient (Wildman–Crippen LogP) is 6.15. The number of amides is 1. The number of hydrogen-bond donors (Lipinski definition) is 2. The fraction of sp³-hybridized carbons (Fsp3) is 0.414. The van der Waals surface area contributed by atoms with Crippen molar-refractivity contribution in [2.75, 3.05) is 17.3 Å². The van der Waals surface area contributed by atoms with Crippen molar-refractivity contribution in [3.8, 4) is 5.75 Å². The van der Waals surface area contributed by atoms with Crippen LogP contribution in [0.3, 0.4) is 0 Å². The molecule has 37 heavy (non-hydrogen) atoms. The third-order valence-corrected chi connectivity index (χ3v) is 7.97. The third kappa shape index (κ3) is 4.82. The number of carbonyl (C=O) groups is 1. The van der Waals surface area contributed by atoms with Crippen molar-refractivity contribution in [3.63, 3.8) is 0 Å². The van der Waals surface area contributed by atoms with Gasteiger partial charge in [-0.2, -0.15) is 0 Å². The lowest BCUT2D eigenvalue weighted by Gasteiger charge is -2.30. The van der Waals surface area contributed by atoms with E-state index in [-0.39, 0.29) is 18.0 Å². The first kappa shape index (κ1) is 25.3. The van der Waals surface area contributed by atoms with Gasteiger partial charge in [0, 0.05) is 36.2 Å². The molecule has 0 bridgehead atoms. The Morgan fingerprint density at radius 2 is 1.92 bits per heavy atom. The first-order chi connectivity index (χ1) is 17.9. The van der Waals surface area contributed by atoms with Crippen molar-refractivity contribution in [1.82, 2.24) is 14.9 Å². The molecular formula is C29H35N5O2S. The van der Waals surface area contributed by atoms with Gasteiger partial charge < -0.3 is 24.8 Å². The van der Waals surface area contributed by atoms with Crippen LogP contribution in [0, 0.1) is 13.8 Å². The van der Waals surface area contributed by atoms with Gasteiger partial charge in [0.2, 0.25) is 5.91 Å². The number of anilines is 2. The number of methoxy groups -OCH3 is 1. The van der Waals surface area contributed by atoms with Crippen molar-refractivity contribution in [3.05, 3.63) is 71.3 Å². The second kappa shape index (κ2) is 10.5. The van der Waals surface area contributed by atoms with Crippen LogP contribution in [0.25, 0.3) is 0 Å². The maximum Gasteiger partial charge on any atom is 0.221 e. The molecule has 1 saturated heterocycles. The topological polar surface area (TPSA) is 71.4 Å². The summed E-state index contributed by atoms with van der Waals surface area (Å²) in [6.07, 6.45) is 8.17. The zero-order valence-electron chi connectivity index (χ0n) is 22.0. The summed E-state index contributed by atoms with van der Waals surface area (Å²) in [5.74, 6) is 0.446. The highest BCUT2D eigenvalue weighted by molar-refractivity contribution is 7.80. The minimum absolute atomic E-state index is 0.107. The molecular weight excluding hydrogens is 482 g/mol. The Bertz CT molecular complexity index is 1300. The van der Waals surface area contributed by atoms with E-state index in [1.807, 2.05) is 42.6 Å². The molecule has 7 nitrogen and oxygen atoms in total. The van der Waals surface area contributed by atoms with E-state index in [9.17, 15) is 4.79 Å². The molecule has 8 heteroatoms. The summed E-state index contributed by atoms with van der Waals surface area (Å²) < 4.78 is 8.04. The Morgan fingerprint density at radius 3 is 2.59 bits per heavy atom. The van der Waals surface area contributed by atoms with Gasteiger partial charge in [0.05, 0.1) is 30.6 Å². The Kier molecular flexibility index (Phi) is 7.20. The molecule has 1 aliphatic carbocycles. The van der Waals surface area contributed by atoms with Crippen LogP contribution >= 0.6 is 12.2 Å². The van der Waals surface area contributed by atoms with Crippen molar-refractivity contribution in [1.29, 1.82) is 0 Å². The van der Waals surface area contributed by atoms with Crippen molar-refractivity contribution < 1.29 is 9.53 Å². The molecule has 3 aromatic rings. The van der Waals surface area contributed by atoms with Gasteiger partial charge >= 0.3 is 0 Å². The van der Waals surface area contributed by atoms with Crippen molar-refractivity contribution in [2.24, 2.45) is 0 Å². The van der Waals surface area contributed by atoms with Crippen molar-refractivity contribution >= 4 is 34.6 Å². The van der Waals surface area contributed by atoms with Gasteiger partial charge in [-0.25, -0.2) is 0 Å². The van der Waals surface area contributed by atoms with Gasteiger partial charge in [-0.05, 0) is 80.9 Å². The van der Waals surface area contributed by atoms with E-state index in [1.165, 1.54) is 56.0 Å². The number of aryl methyl sites for hydroxylation is 1. The highest BCUT2D eigenvalue weighted by Gasteiger charge is 2.42. The molecule has 1 aliphatic heterocycles. The minimum atomic E-state index is -0.156. The van der Waals surface area contributed by atoms with E-state index in [2.05, 4.69) is 40.0 Å². The van der Waals surface area contributed by atoms with E-state index in [4.69, 9.17) is 21.9 Å². The van der Waals surface area contributed by atoms with Crippen molar-refractivity contribution in [2.45, 2.75) is 71.0 Å². The van der Waals surface area contributed by atoms with E-state index in [0.29, 0.717) is 22.6 Å². The quantitative estimate of drug-likeness (QED) is 0.382. The van der Waals surface area contributed by atoms with E-state index in [1.54, 1.807) is 7.11 Å². The molecule has 2 N–H and O–H groups in total. The number of thiocarbonyl (C=S) groups is 1. The molecule has 0 radical (unpaired) electrons. The normalized spacial score (nSPS) is 20.1. The number of nitrogens with one attached hydrogen (secondary N) is 2. The summed E-state index contributed by atoms with van der Waals surface area (Å²) in [6, 6.07) is 14.4. The summed E-state index contributed by atoms with van der Waals surface area (Å²) in [4.78, 5) is 18.8. The molecule has 0 spiro atoms. The maximum absolute atomic E-state index is 11.9. The van der Waals surface area contributed by atoms with E-state index in [0.717, 1.165) is 11.4 Å². The number of aromatic nitrogens is 2. The van der Waals surface area contributed by atoms with Crippen LogP contribution in [-0.2, 0) is 4.79 Å². The van der Waals surface area contributed by atoms with Crippen LogP contribution < -0.4 is 20.3 Å². The van der Waals surface area contributed by atoms with Gasteiger partial charge in [-0.15, -0.1) is 0 Å². The van der Waals surface area contributed by atoms with Gasteiger partial charge in [0.15, 0.2) is 5.11 Å². The Hall–Kier alpha value is -3.39. The largest absolute Gasteiger partial charge is 0.495 e. The number of nitrogens with zero attached hydrogens (tertiary/aromatic N) is 3. The second-order valence-electron chi connectivity index (χ2n) is 10.1. The molecule has 0 unspecified atom stereocenters. The molecule has 1 aromatic carbocycles. The first-order valence-corrected chi connectivity index (χ1v) is 13.4. The standard InChI is InChI=1S/C29H35N5O2S/c1-18-16-23(19(2)33(18)21-10-6-5-7-11-21)28-27(24-12-8-9-15-30-24)32-29(37)34(28)22-13-14-26(36-4)25(17-22)31-20(3)35/h8-9,12-17,21,27-28H,5-7,10-11H2,1-4H3,(H,31,35)(H,32,37)/t27-,28-/m1/s1. The maximum atomic E-state index is 11.9. The molecule has 3 heterocycles. The van der Waals surface area contributed by atoms with Crippen LogP contribution in [0.5, 0.6) is 5.75 Å². The second-order valence-corrected chi connectivity index (χ2v) is 10.4. The predicted molar refractivity (Wildman–Crippen MR) is 151 cm³/mol. The monoisotopic (exact) mass is 517 g/mol. The van der Waals surface area contributed by atoms with Crippen LogP contribution in [0.2, 0.25) is 0 Å². The van der Waals surface area contributed by atoms with Crippen LogP contribution in [0.15, 0.2) is 48.7 Å². The number of pyridine rings is 1. The smallest absolute Gasteiger partial charge is 0.221 e. The number of hydrogen-bond acceptors (Lipinski definition) is 4. The fourth-order valence-electron chi connectivity index (χ4n) is 6.09. The summed E-state index contributed by atoms with van der Waals surface area (Å²) in [5, 5.41) is 7.08. The average molecular weight is 518 g/mol. The first-order valence-electron chi connectivity index (χ1n) is 13.0. The number of rotatable bonds is 6. The number of carbonyl (C=O) groups excluding carboxylic acids is 1. The highest BCUT2D eigenvalue weighted by atomic mass is 32.1. The molecule has 1 amide bonds.